The van der Waals surface area contributed by atoms with Crippen molar-refractivity contribution in [1.29, 1.82) is 0 Å². The van der Waals surface area contributed by atoms with E-state index >= 15 is 0 Å². The van der Waals surface area contributed by atoms with Crippen LogP contribution in [0, 0.1) is 17.5 Å². The molecule has 0 atom stereocenters. The number of carbonyl (C=O) groups excluding carboxylic acids is 1. The van der Waals surface area contributed by atoms with Crippen LogP contribution in [0.2, 0.25) is 0 Å². The minimum Gasteiger partial charge on any atom is -0.478 e. The van der Waals surface area contributed by atoms with Crippen molar-refractivity contribution in [2.75, 3.05) is 31.1 Å². The van der Waals surface area contributed by atoms with E-state index in [0.717, 1.165) is 11.8 Å². The lowest BCUT2D eigenvalue weighted by molar-refractivity contribution is -0.00123. The summed E-state index contributed by atoms with van der Waals surface area (Å²) in [5.74, 6) is -3.64. The molecule has 188 valence electrons. The number of pyridine rings is 1. The second-order valence-corrected chi connectivity index (χ2v) is 9.05. The van der Waals surface area contributed by atoms with Crippen LogP contribution in [0.25, 0.3) is 11.1 Å². The predicted octanol–water partition coefficient (Wildman–Crippen LogP) is 5.56. The van der Waals surface area contributed by atoms with Crippen LogP contribution in [0.5, 0.6) is 5.88 Å². The van der Waals surface area contributed by atoms with Gasteiger partial charge >= 0.3 is 6.09 Å². The molecular formula is C27H26F3N3O3. The number of rotatable bonds is 6. The topological polar surface area (TPSA) is 54.9 Å². The number of piperidine rings is 1. The predicted molar refractivity (Wildman–Crippen MR) is 128 cm³/mol. The number of amides is 1. The lowest BCUT2D eigenvalue weighted by Crippen LogP contribution is -2.46. The highest BCUT2D eigenvalue weighted by Crippen LogP contribution is 2.37. The fourth-order valence-electron chi connectivity index (χ4n) is 4.83. The van der Waals surface area contributed by atoms with Crippen molar-refractivity contribution in [1.82, 2.24) is 9.88 Å². The Balaban J connectivity index is 1.34. The number of carbonyl (C=O) groups is 1. The van der Waals surface area contributed by atoms with Gasteiger partial charge in [0.2, 0.25) is 5.88 Å². The van der Waals surface area contributed by atoms with Gasteiger partial charge in [-0.25, -0.2) is 22.9 Å². The SMILES string of the molecule is CCOc1ccc(-c2ccc(F)c(F)c2F)c(CN2CCC3(CC2)CN(c2ccccc2)C(=O)O3)n1. The smallest absolute Gasteiger partial charge is 0.415 e. The number of nitrogens with zero attached hydrogens (tertiary/aromatic N) is 3. The monoisotopic (exact) mass is 497 g/mol. The summed E-state index contributed by atoms with van der Waals surface area (Å²) in [4.78, 5) is 20.9. The minimum absolute atomic E-state index is 0.0591. The first kappa shape index (κ1) is 24.1. The van der Waals surface area contributed by atoms with Crippen molar-refractivity contribution in [3.8, 4) is 17.0 Å². The van der Waals surface area contributed by atoms with E-state index < -0.39 is 23.1 Å². The van der Waals surface area contributed by atoms with E-state index in [1.807, 2.05) is 37.3 Å². The Hall–Kier alpha value is -3.59. The van der Waals surface area contributed by atoms with Crippen LogP contribution in [0.4, 0.5) is 23.7 Å². The van der Waals surface area contributed by atoms with E-state index in [1.165, 1.54) is 6.07 Å². The van der Waals surface area contributed by atoms with Crippen molar-refractivity contribution in [2.45, 2.75) is 31.9 Å². The second kappa shape index (κ2) is 9.81. The molecule has 2 aromatic carbocycles. The summed E-state index contributed by atoms with van der Waals surface area (Å²) in [5, 5.41) is 0. The highest BCUT2D eigenvalue weighted by Gasteiger charge is 2.47. The van der Waals surface area contributed by atoms with Gasteiger partial charge in [0.05, 0.1) is 18.8 Å². The average molecular weight is 498 g/mol. The summed E-state index contributed by atoms with van der Waals surface area (Å²) in [5.41, 5.74) is 1.04. The molecule has 0 N–H and O–H groups in total. The fourth-order valence-corrected chi connectivity index (χ4v) is 4.83. The first-order valence-corrected chi connectivity index (χ1v) is 11.9. The van der Waals surface area contributed by atoms with Crippen LogP contribution < -0.4 is 9.64 Å². The summed E-state index contributed by atoms with van der Waals surface area (Å²) in [6, 6.07) is 14.8. The normalized spacial score (nSPS) is 17.4. The summed E-state index contributed by atoms with van der Waals surface area (Å²) >= 11 is 0. The molecule has 2 fully saturated rings. The fraction of sp³-hybridized carbons (Fsp3) is 0.333. The van der Waals surface area contributed by atoms with E-state index in [1.54, 1.807) is 17.0 Å². The summed E-state index contributed by atoms with van der Waals surface area (Å²) < 4.78 is 53.5. The third-order valence-electron chi connectivity index (χ3n) is 6.75. The molecule has 2 aliphatic rings. The second-order valence-electron chi connectivity index (χ2n) is 9.05. The Morgan fingerprint density at radius 1 is 0.972 bits per heavy atom. The van der Waals surface area contributed by atoms with E-state index in [9.17, 15) is 18.0 Å². The molecule has 6 nitrogen and oxygen atoms in total. The minimum atomic E-state index is -1.52. The number of halogens is 3. The first-order chi connectivity index (χ1) is 17.4. The van der Waals surface area contributed by atoms with Gasteiger partial charge in [0, 0.05) is 55.4 Å². The van der Waals surface area contributed by atoms with Crippen molar-refractivity contribution in [2.24, 2.45) is 0 Å². The van der Waals surface area contributed by atoms with E-state index in [2.05, 4.69) is 9.88 Å². The Labute approximate surface area is 207 Å². The van der Waals surface area contributed by atoms with Gasteiger partial charge in [-0.15, -0.1) is 0 Å². The molecule has 5 rings (SSSR count). The molecule has 0 unspecified atom stereocenters. The Bertz CT molecular complexity index is 1260. The van der Waals surface area contributed by atoms with E-state index in [4.69, 9.17) is 9.47 Å². The lowest BCUT2D eigenvalue weighted by atomic mass is 9.91. The number of hydrogen-bond donors (Lipinski definition) is 0. The molecule has 1 spiro atoms. The highest BCUT2D eigenvalue weighted by atomic mass is 19.2. The average Bonchev–Trinajstić information content (AvgIpc) is 3.21. The standard InChI is InChI=1S/C27H26F3N3O3/c1-2-35-23-11-9-19(20-8-10-21(28)25(30)24(20)29)22(31-23)16-32-14-12-27(13-15-32)17-33(26(34)36-27)18-6-4-3-5-7-18/h3-11H,2,12-17H2,1H3. The van der Waals surface area contributed by atoms with Crippen molar-refractivity contribution < 1.29 is 27.4 Å². The number of ether oxygens (including phenoxy) is 2. The quantitative estimate of drug-likeness (QED) is 0.418. The molecule has 1 aromatic heterocycles. The summed E-state index contributed by atoms with van der Waals surface area (Å²) in [6.45, 7) is 4.30. The number of para-hydroxylation sites is 1. The van der Waals surface area contributed by atoms with Crippen LogP contribution >= 0.6 is 0 Å². The third-order valence-corrected chi connectivity index (χ3v) is 6.75. The van der Waals surface area contributed by atoms with Crippen molar-refractivity contribution in [3.63, 3.8) is 0 Å². The Morgan fingerprint density at radius 3 is 2.42 bits per heavy atom. The molecule has 1 amide bonds. The van der Waals surface area contributed by atoms with Crippen LogP contribution in [-0.4, -0.2) is 47.8 Å². The molecule has 3 aromatic rings. The number of benzene rings is 2. The number of aromatic nitrogens is 1. The zero-order valence-corrected chi connectivity index (χ0v) is 19.8. The van der Waals surface area contributed by atoms with Crippen molar-refractivity contribution >= 4 is 11.8 Å². The van der Waals surface area contributed by atoms with Gasteiger partial charge in [-0.05, 0) is 37.3 Å². The lowest BCUT2D eigenvalue weighted by Gasteiger charge is -2.37. The van der Waals surface area contributed by atoms with Gasteiger partial charge in [-0.3, -0.25) is 9.80 Å². The van der Waals surface area contributed by atoms with Gasteiger partial charge in [-0.2, -0.15) is 0 Å². The zero-order valence-electron chi connectivity index (χ0n) is 19.8. The zero-order chi connectivity index (χ0) is 25.3. The van der Waals surface area contributed by atoms with Gasteiger partial charge < -0.3 is 9.47 Å². The summed E-state index contributed by atoms with van der Waals surface area (Å²) in [7, 11) is 0. The summed E-state index contributed by atoms with van der Waals surface area (Å²) in [6.07, 6.45) is 0.904. The Kier molecular flexibility index (Phi) is 6.57. The molecule has 0 aliphatic carbocycles. The molecule has 0 bridgehead atoms. The van der Waals surface area contributed by atoms with Crippen LogP contribution in [0.1, 0.15) is 25.5 Å². The third kappa shape index (κ3) is 4.63. The maximum absolute atomic E-state index is 14.6. The molecule has 9 heteroatoms. The maximum Gasteiger partial charge on any atom is 0.415 e. The molecule has 0 radical (unpaired) electrons. The molecular weight excluding hydrogens is 471 g/mol. The van der Waals surface area contributed by atoms with E-state index in [0.29, 0.717) is 62.8 Å². The van der Waals surface area contributed by atoms with Gasteiger partial charge in [0.15, 0.2) is 17.5 Å². The van der Waals surface area contributed by atoms with Crippen LogP contribution in [0.15, 0.2) is 54.6 Å². The number of hydrogen-bond acceptors (Lipinski definition) is 5. The molecule has 3 heterocycles. The van der Waals surface area contributed by atoms with Crippen LogP contribution in [0.3, 0.4) is 0 Å². The largest absolute Gasteiger partial charge is 0.478 e. The number of anilines is 1. The molecule has 36 heavy (non-hydrogen) atoms. The Morgan fingerprint density at radius 2 is 1.69 bits per heavy atom. The maximum atomic E-state index is 14.6. The first-order valence-electron chi connectivity index (χ1n) is 11.9. The van der Waals surface area contributed by atoms with Gasteiger partial charge in [-0.1, -0.05) is 18.2 Å². The van der Waals surface area contributed by atoms with Gasteiger partial charge in [0.1, 0.15) is 5.60 Å². The molecule has 0 saturated carbocycles. The van der Waals surface area contributed by atoms with Gasteiger partial charge in [0.25, 0.3) is 0 Å². The van der Waals surface area contributed by atoms with Crippen molar-refractivity contribution in [3.05, 3.63) is 77.7 Å². The molecule has 2 saturated heterocycles. The number of likely N-dealkylation sites (tertiary alicyclic amines) is 1. The molecule has 2 aliphatic heterocycles. The van der Waals surface area contributed by atoms with E-state index in [-0.39, 0.29) is 11.7 Å². The van der Waals surface area contributed by atoms with Crippen LogP contribution in [-0.2, 0) is 11.3 Å². The highest BCUT2D eigenvalue weighted by molar-refractivity contribution is 5.90.